The molecule has 0 aliphatic heterocycles. The van der Waals surface area contributed by atoms with Crippen molar-refractivity contribution in [3.05, 3.63) is 29.8 Å². The molecule has 1 rings (SSSR count). The van der Waals surface area contributed by atoms with Gasteiger partial charge in [-0.3, -0.25) is 0 Å². The fourth-order valence-electron chi connectivity index (χ4n) is 1.11. The molecule has 100 valence electrons. The molecule has 0 saturated heterocycles. The SMILES string of the molecule is C=O.C=O.COc1ccc(CCC(C)=O)cc1.[Cr]. The number of benzene rings is 1. The fraction of sp³-hybridized carbons (Fsp3) is 0.308. The minimum absolute atomic E-state index is 0. The number of Topliss-reactive ketones (excluding diaryl/α,β-unsaturated/α-hetero) is 1. The largest absolute Gasteiger partial charge is 0.497 e. The number of hydrogen-bond donors (Lipinski definition) is 0. The summed E-state index contributed by atoms with van der Waals surface area (Å²) in [5.74, 6) is 1.09. The van der Waals surface area contributed by atoms with Crippen molar-refractivity contribution in [3.8, 4) is 5.75 Å². The Bertz CT molecular complexity index is 309. The molecule has 4 nitrogen and oxygen atoms in total. The maximum Gasteiger partial charge on any atom is 0.130 e. The molecular weight excluding hydrogens is 272 g/mol. The Kier molecular flexibility index (Phi) is 18.9. The molecule has 0 fully saturated rings. The summed E-state index contributed by atoms with van der Waals surface area (Å²) in [5, 5.41) is 0. The zero-order chi connectivity index (χ0) is 13.7. The molecule has 0 bridgehead atoms. The molecule has 0 aliphatic carbocycles. The molecule has 0 radical (unpaired) electrons. The molecule has 18 heavy (non-hydrogen) atoms. The minimum atomic E-state index is 0. The maximum atomic E-state index is 10.7. The number of hydrogen-bond acceptors (Lipinski definition) is 4. The van der Waals surface area contributed by atoms with Crippen molar-refractivity contribution in [2.45, 2.75) is 19.8 Å². The van der Waals surface area contributed by atoms with Crippen molar-refractivity contribution in [1.29, 1.82) is 0 Å². The van der Waals surface area contributed by atoms with Gasteiger partial charge in [-0.1, -0.05) is 12.1 Å². The summed E-state index contributed by atoms with van der Waals surface area (Å²) >= 11 is 0. The number of carbonyl (C=O) groups is 3. The smallest absolute Gasteiger partial charge is 0.130 e. The average Bonchev–Trinajstić information content (AvgIpc) is 2.41. The van der Waals surface area contributed by atoms with Crippen LogP contribution in [-0.2, 0) is 38.2 Å². The summed E-state index contributed by atoms with van der Waals surface area (Å²) < 4.78 is 5.03. The van der Waals surface area contributed by atoms with Crippen LogP contribution in [0.5, 0.6) is 5.75 Å². The van der Waals surface area contributed by atoms with Gasteiger partial charge in [0.25, 0.3) is 0 Å². The fourth-order valence-corrected chi connectivity index (χ4v) is 1.11. The second-order valence-electron chi connectivity index (χ2n) is 3.05. The molecule has 1 aromatic carbocycles. The van der Waals surface area contributed by atoms with E-state index in [1.165, 1.54) is 5.56 Å². The molecule has 0 saturated carbocycles. The molecule has 0 amide bonds. The van der Waals surface area contributed by atoms with E-state index in [2.05, 4.69) is 0 Å². The van der Waals surface area contributed by atoms with Crippen molar-refractivity contribution in [2.75, 3.05) is 7.11 Å². The van der Waals surface area contributed by atoms with Crippen LogP contribution in [0.4, 0.5) is 0 Å². The molecule has 0 unspecified atom stereocenters. The third-order valence-corrected chi connectivity index (χ3v) is 1.92. The maximum absolute atomic E-state index is 10.7. The molecule has 0 N–H and O–H groups in total. The van der Waals surface area contributed by atoms with Crippen molar-refractivity contribution < 1.29 is 36.5 Å². The Morgan fingerprint density at radius 2 is 1.56 bits per heavy atom. The van der Waals surface area contributed by atoms with E-state index in [0.29, 0.717) is 6.42 Å². The third kappa shape index (κ3) is 11.1. The topological polar surface area (TPSA) is 60.4 Å². The number of methoxy groups -OCH3 is 1. The number of carbonyl (C=O) groups excluding carboxylic acids is 3. The quantitative estimate of drug-likeness (QED) is 0.849. The predicted octanol–water partition coefficient (Wildman–Crippen LogP) is 1.84. The van der Waals surface area contributed by atoms with Crippen LogP contribution in [0.1, 0.15) is 18.9 Å². The molecule has 5 heteroatoms. The summed E-state index contributed by atoms with van der Waals surface area (Å²) in [6, 6.07) is 7.80. The molecule has 0 aliphatic rings. The van der Waals surface area contributed by atoms with Crippen molar-refractivity contribution in [2.24, 2.45) is 0 Å². The number of rotatable bonds is 4. The third-order valence-electron chi connectivity index (χ3n) is 1.92. The molecule has 0 atom stereocenters. The van der Waals surface area contributed by atoms with E-state index >= 15 is 0 Å². The molecule has 0 spiro atoms. The first-order valence-electron chi connectivity index (χ1n) is 4.92. The molecule has 0 aromatic heterocycles. The summed E-state index contributed by atoms with van der Waals surface area (Å²) in [7, 11) is 1.64. The van der Waals surface area contributed by atoms with E-state index in [1.54, 1.807) is 14.0 Å². The van der Waals surface area contributed by atoms with Crippen molar-refractivity contribution in [1.82, 2.24) is 0 Å². The molecule has 0 heterocycles. The van der Waals surface area contributed by atoms with Gasteiger partial charge in [0.15, 0.2) is 0 Å². The average molecular weight is 290 g/mol. The number of ether oxygens (including phenoxy) is 1. The summed E-state index contributed by atoms with van der Waals surface area (Å²) in [6.07, 6.45) is 1.44. The first kappa shape index (κ1) is 21.8. The van der Waals surface area contributed by atoms with E-state index in [9.17, 15) is 4.79 Å². The van der Waals surface area contributed by atoms with E-state index in [0.717, 1.165) is 12.2 Å². The van der Waals surface area contributed by atoms with Crippen LogP contribution in [0, 0.1) is 0 Å². The molecule has 1 aromatic rings. The Morgan fingerprint density at radius 1 is 1.11 bits per heavy atom. The van der Waals surface area contributed by atoms with E-state index < -0.39 is 0 Å². The number of aryl methyl sites for hydroxylation is 1. The van der Waals surface area contributed by atoms with E-state index in [-0.39, 0.29) is 23.1 Å². The van der Waals surface area contributed by atoms with Gasteiger partial charge in [0.1, 0.15) is 25.1 Å². The second kappa shape index (κ2) is 15.6. The van der Waals surface area contributed by atoms with Crippen molar-refractivity contribution in [3.63, 3.8) is 0 Å². The van der Waals surface area contributed by atoms with Gasteiger partial charge in [0.2, 0.25) is 0 Å². The number of ketones is 1. The predicted molar refractivity (Wildman–Crippen MR) is 66.2 cm³/mol. The first-order chi connectivity index (χ1) is 8.22. The van der Waals surface area contributed by atoms with Gasteiger partial charge >= 0.3 is 0 Å². The van der Waals surface area contributed by atoms with Gasteiger partial charge in [0, 0.05) is 23.8 Å². The Hall–Kier alpha value is -1.44. The van der Waals surface area contributed by atoms with Gasteiger partial charge in [0.05, 0.1) is 7.11 Å². The van der Waals surface area contributed by atoms with Crippen LogP contribution in [0.3, 0.4) is 0 Å². The Labute approximate surface area is 118 Å². The monoisotopic (exact) mass is 290 g/mol. The zero-order valence-corrected chi connectivity index (χ0v) is 12.0. The van der Waals surface area contributed by atoms with Crippen LogP contribution in [0.25, 0.3) is 0 Å². The summed E-state index contributed by atoms with van der Waals surface area (Å²) in [6.45, 7) is 5.61. The van der Waals surface area contributed by atoms with Crippen LogP contribution in [0.15, 0.2) is 24.3 Å². The Balaban J connectivity index is -0.000000409. The van der Waals surface area contributed by atoms with Crippen LogP contribution >= 0.6 is 0 Å². The standard InChI is InChI=1S/C11H14O2.2CH2O.Cr/c1-9(12)3-4-10-5-7-11(13-2)8-6-10;2*1-2;/h5-8H,3-4H2,1-2H3;2*1H2;. The summed E-state index contributed by atoms with van der Waals surface area (Å²) in [4.78, 5) is 26.7. The van der Waals surface area contributed by atoms with Gasteiger partial charge in [-0.25, -0.2) is 0 Å². The van der Waals surface area contributed by atoms with Crippen LogP contribution in [0.2, 0.25) is 0 Å². The van der Waals surface area contributed by atoms with E-state index in [4.69, 9.17) is 14.3 Å². The summed E-state index contributed by atoms with van der Waals surface area (Å²) in [5.41, 5.74) is 1.18. The van der Waals surface area contributed by atoms with E-state index in [1.807, 2.05) is 37.8 Å². The second-order valence-corrected chi connectivity index (χ2v) is 3.05. The Morgan fingerprint density at radius 3 is 1.89 bits per heavy atom. The van der Waals surface area contributed by atoms with Gasteiger partial charge in [-0.2, -0.15) is 0 Å². The normalized spacial score (nSPS) is 7.44. The first-order valence-corrected chi connectivity index (χ1v) is 4.92. The van der Waals surface area contributed by atoms with Crippen LogP contribution < -0.4 is 4.74 Å². The van der Waals surface area contributed by atoms with Gasteiger partial charge in [-0.15, -0.1) is 0 Å². The minimum Gasteiger partial charge on any atom is -0.497 e. The zero-order valence-electron chi connectivity index (χ0n) is 10.7. The van der Waals surface area contributed by atoms with Crippen molar-refractivity contribution >= 4 is 19.4 Å². The van der Waals surface area contributed by atoms with Gasteiger partial charge in [-0.05, 0) is 31.0 Å². The van der Waals surface area contributed by atoms with Crippen LogP contribution in [-0.4, -0.2) is 26.5 Å². The molecular formula is C13H18CrO4. The van der Waals surface area contributed by atoms with Gasteiger partial charge < -0.3 is 19.1 Å².